The minimum Gasteiger partial charge on any atom is -0.494 e. The molecule has 0 aliphatic heterocycles. The van der Waals surface area contributed by atoms with Gasteiger partial charge in [0, 0.05) is 29.9 Å². The lowest BCUT2D eigenvalue weighted by atomic mass is 10.2. The number of carbonyl (C=O) groups is 4. The number of amidine groups is 1. The van der Waals surface area contributed by atoms with Crippen LogP contribution < -0.4 is 10.5 Å². The normalized spacial score (nSPS) is 10.4. The molecule has 0 atom stereocenters. The molecule has 12 heteroatoms. The number of ether oxygens (including phenoxy) is 1. The van der Waals surface area contributed by atoms with Crippen molar-refractivity contribution in [2.75, 3.05) is 6.61 Å². The molecule has 1 aromatic carbocycles. The molecule has 0 aromatic heterocycles. The first-order chi connectivity index (χ1) is 14.5. The first-order valence-corrected chi connectivity index (χ1v) is 8.52. The zero-order valence-electron chi connectivity index (χ0n) is 16.5. The summed E-state index contributed by atoms with van der Waals surface area (Å²) in [6, 6.07) is 7.14. The third-order valence-corrected chi connectivity index (χ3v) is 2.76. The molecule has 0 radical (unpaired) electrons. The largest absolute Gasteiger partial charge is 0.494 e. The van der Waals surface area contributed by atoms with Crippen LogP contribution in [-0.4, -0.2) is 62.0 Å². The number of hydrogen-bond donors (Lipinski definition) is 6. The van der Waals surface area contributed by atoms with Crippen molar-refractivity contribution in [2.45, 2.75) is 19.8 Å². The topological polar surface area (TPSA) is 217 Å². The summed E-state index contributed by atoms with van der Waals surface area (Å²) in [5, 5.41) is 42.6. The monoisotopic (exact) mass is 440 g/mol. The molecule has 0 saturated heterocycles. The van der Waals surface area contributed by atoms with Crippen LogP contribution in [0, 0.1) is 0 Å². The maximum atomic E-state index is 9.55. The predicted molar refractivity (Wildman–Crippen MR) is 108 cm³/mol. The molecule has 1 rings (SSSR count). The molecule has 0 spiro atoms. The van der Waals surface area contributed by atoms with Gasteiger partial charge in [0.2, 0.25) is 0 Å². The smallest absolute Gasteiger partial charge is 0.328 e. The third kappa shape index (κ3) is 20.2. The predicted octanol–water partition coefficient (Wildman–Crippen LogP) is 1.38. The number of rotatable bonds is 9. The fourth-order valence-electron chi connectivity index (χ4n) is 1.40. The maximum Gasteiger partial charge on any atom is 0.328 e. The minimum atomic E-state index is -1.26. The van der Waals surface area contributed by atoms with Gasteiger partial charge in [0.25, 0.3) is 0 Å². The van der Waals surface area contributed by atoms with E-state index >= 15 is 0 Å². The molecule has 0 heterocycles. The number of oxime groups is 1. The molecule has 0 bridgehead atoms. The van der Waals surface area contributed by atoms with Gasteiger partial charge < -0.3 is 36.1 Å². The van der Waals surface area contributed by atoms with Crippen molar-refractivity contribution in [1.29, 1.82) is 0 Å². The highest BCUT2D eigenvalue weighted by molar-refractivity contribution is 5.97. The maximum absolute atomic E-state index is 9.55. The fourth-order valence-corrected chi connectivity index (χ4v) is 1.40. The second kappa shape index (κ2) is 17.7. The lowest BCUT2D eigenvalue weighted by Gasteiger charge is -2.05. The number of nitrogens with two attached hydrogens (primary N) is 1. The van der Waals surface area contributed by atoms with Gasteiger partial charge >= 0.3 is 23.9 Å². The van der Waals surface area contributed by atoms with E-state index in [0.29, 0.717) is 29.9 Å². The van der Waals surface area contributed by atoms with E-state index in [9.17, 15) is 19.2 Å². The van der Waals surface area contributed by atoms with E-state index in [-0.39, 0.29) is 5.84 Å². The molecule has 31 heavy (non-hydrogen) atoms. The minimum absolute atomic E-state index is 0.107. The molecule has 12 nitrogen and oxygen atoms in total. The van der Waals surface area contributed by atoms with Crippen molar-refractivity contribution in [3.8, 4) is 5.75 Å². The van der Waals surface area contributed by atoms with E-state index in [4.69, 9.17) is 36.1 Å². The number of benzene rings is 1. The average molecular weight is 440 g/mol. The van der Waals surface area contributed by atoms with Gasteiger partial charge in [-0.1, -0.05) is 18.5 Å². The van der Waals surface area contributed by atoms with Crippen molar-refractivity contribution in [3.05, 3.63) is 54.1 Å². The fraction of sp³-hybridized carbons (Fsp3) is 0.211. The third-order valence-electron chi connectivity index (χ3n) is 2.76. The van der Waals surface area contributed by atoms with Crippen LogP contribution in [0.5, 0.6) is 5.75 Å². The lowest BCUT2D eigenvalue weighted by molar-refractivity contribution is -0.134. The Balaban J connectivity index is 0. The van der Waals surface area contributed by atoms with Crippen molar-refractivity contribution >= 4 is 29.7 Å². The summed E-state index contributed by atoms with van der Waals surface area (Å²) in [5.74, 6) is -4.12. The zero-order valence-corrected chi connectivity index (χ0v) is 16.5. The first-order valence-electron chi connectivity index (χ1n) is 8.52. The summed E-state index contributed by atoms with van der Waals surface area (Å²) in [5.41, 5.74) is 6.11. The van der Waals surface area contributed by atoms with E-state index in [1.54, 1.807) is 12.1 Å². The second-order valence-electron chi connectivity index (χ2n) is 5.23. The Morgan fingerprint density at radius 1 is 0.871 bits per heavy atom. The summed E-state index contributed by atoms with van der Waals surface area (Å²) in [7, 11) is 0. The molecule has 0 amide bonds. The highest BCUT2D eigenvalue weighted by Crippen LogP contribution is 2.12. The highest BCUT2D eigenvalue weighted by atomic mass is 16.5. The molecule has 1 aromatic rings. The van der Waals surface area contributed by atoms with E-state index in [0.717, 1.165) is 25.2 Å². The second-order valence-corrected chi connectivity index (χ2v) is 5.23. The van der Waals surface area contributed by atoms with Crippen LogP contribution in [-0.2, 0) is 19.2 Å². The van der Waals surface area contributed by atoms with Crippen LogP contribution in [0.25, 0.3) is 0 Å². The Bertz CT molecular complexity index is 732. The summed E-state index contributed by atoms with van der Waals surface area (Å²) in [6.07, 6.45) is 4.39. The van der Waals surface area contributed by atoms with E-state index in [1.165, 1.54) is 0 Å². The molecule has 0 unspecified atom stereocenters. The Morgan fingerprint density at radius 2 is 1.26 bits per heavy atom. The Hall–Kier alpha value is -4.35. The summed E-state index contributed by atoms with van der Waals surface area (Å²) in [4.78, 5) is 38.2. The van der Waals surface area contributed by atoms with Gasteiger partial charge in [-0.3, -0.25) is 0 Å². The summed E-state index contributed by atoms with van der Waals surface area (Å²) >= 11 is 0. The molecule has 170 valence electrons. The number of unbranched alkanes of at least 4 members (excludes halogenated alkanes) is 1. The van der Waals surface area contributed by atoms with Crippen molar-refractivity contribution in [1.82, 2.24) is 0 Å². The number of carboxylic acid groups (broad SMARTS) is 4. The van der Waals surface area contributed by atoms with Gasteiger partial charge in [-0.25, -0.2) is 19.2 Å². The van der Waals surface area contributed by atoms with E-state index in [1.807, 2.05) is 12.1 Å². The van der Waals surface area contributed by atoms with Gasteiger partial charge in [-0.2, -0.15) is 0 Å². The standard InChI is InChI=1S/C11H16N2O2.2C4H4O4/c1-2-3-8-15-10-6-4-9(5-7-10)11(12)13-14;2*5-3(6)1-2-4(7)8/h4-7,14H,2-3,8H2,1H3,(H2,12,13);2*1-2H,(H,5,6)(H,7,8)/b;2*2-1-. The van der Waals surface area contributed by atoms with Crippen LogP contribution in [0.3, 0.4) is 0 Å². The van der Waals surface area contributed by atoms with Gasteiger partial charge in [0.05, 0.1) is 6.61 Å². The van der Waals surface area contributed by atoms with Crippen molar-refractivity contribution < 1.29 is 49.5 Å². The molecule has 0 fully saturated rings. The van der Waals surface area contributed by atoms with Crippen molar-refractivity contribution in [2.24, 2.45) is 10.9 Å². The lowest BCUT2D eigenvalue weighted by Crippen LogP contribution is -2.12. The van der Waals surface area contributed by atoms with E-state index in [2.05, 4.69) is 12.1 Å². The van der Waals surface area contributed by atoms with Gasteiger partial charge in [0.15, 0.2) is 5.84 Å². The van der Waals surface area contributed by atoms with Gasteiger partial charge in [0.1, 0.15) is 5.75 Å². The number of hydrogen-bond acceptors (Lipinski definition) is 7. The van der Waals surface area contributed by atoms with Crippen LogP contribution in [0.15, 0.2) is 53.7 Å². The SMILES string of the molecule is CCCCOc1ccc(C(N)=NO)cc1.O=C(O)/C=C\C(=O)O.O=C(O)/C=C\C(=O)O. The molecular weight excluding hydrogens is 416 g/mol. The highest BCUT2D eigenvalue weighted by Gasteiger charge is 1.99. The quantitative estimate of drug-likeness (QED) is 0.0804. The van der Waals surface area contributed by atoms with Crippen LogP contribution >= 0.6 is 0 Å². The average Bonchev–Trinajstić information content (AvgIpc) is 2.72. The molecule has 7 N–H and O–H groups in total. The zero-order chi connectivity index (χ0) is 24.2. The van der Waals surface area contributed by atoms with E-state index < -0.39 is 23.9 Å². The molecule has 0 saturated carbocycles. The van der Waals surface area contributed by atoms with Crippen LogP contribution in [0.1, 0.15) is 25.3 Å². The number of aliphatic carboxylic acids is 4. The van der Waals surface area contributed by atoms with Crippen molar-refractivity contribution in [3.63, 3.8) is 0 Å². The van der Waals surface area contributed by atoms with Crippen LogP contribution in [0.2, 0.25) is 0 Å². The Kier molecular flexibility index (Phi) is 16.5. The van der Waals surface area contributed by atoms with Gasteiger partial charge in [-0.15, -0.1) is 0 Å². The van der Waals surface area contributed by atoms with Crippen LogP contribution in [0.4, 0.5) is 0 Å². The molecular formula is C19H24N2O10. The summed E-state index contributed by atoms with van der Waals surface area (Å²) in [6.45, 7) is 2.84. The Labute approximate surface area is 177 Å². The number of carboxylic acids is 4. The first kappa shape index (κ1) is 28.9. The van der Waals surface area contributed by atoms with Gasteiger partial charge in [-0.05, 0) is 30.7 Å². The Morgan fingerprint density at radius 3 is 1.55 bits per heavy atom. The summed E-state index contributed by atoms with van der Waals surface area (Å²) < 4.78 is 5.47. The number of nitrogens with zero attached hydrogens (tertiary/aromatic N) is 1. The molecule has 0 aliphatic rings. The molecule has 0 aliphatic carbocycles.